The van der Waals surface area contributed by atoms with Crippen LogP contribution in [0.2, 0.25) is 0 Å². The molecule has 0 saturated carbocycles. The largest absolute Gasteiger partial charge is 0.256 e. The lowest BCUT2D eigenvalue weighted by atomic mass is 9.87. The molecule has 0 aliphatic heterocycles. The van der Waals surface area contributed by atoms with Gasteiger partial charge in [0, 0.05) is 34.6 Å². The van der Waals surface area contributed by atoms with Crippen molar-refractivity contribution in [3.05, 3.63) is 193 Å². The van der Waals surface area contributed by atoms with Crippen LogP contribution < -0.4 is 0 Å². The number of nitrogens with zero attached hydrogens (tertiary/aromatic N) is 2. The first-order chi connectivity index (χ1) is 24.6. The quantitative estimate of drug-likeness (QED) is 0.173. The molecule has 0 atom stereocenters. The highest BCUT2D eigenvalue weighted by molar-refractivity contribution is 5.95. The zero-order valence-electron chi connectivity index (χ0n) is 28.2. The first-order valence-electron chi connectivity index (χ1n) is 17.1. The van der Waals surface area contributed by atoms with E-state index in [0.29, 0.717) is 0 Å². The molecule has 0 radical (unpaired) electrons. The van der Waals surface area contributed by atoms with Crippen molar-refractivity contribution in [1.82, 2.24) is 9.97 Å². The van der Waals surface area contributed by atoms with E-state index in [1.165, 1.54) is 44.5 Å². The number of pyridine rings is 2. The third-order valence-corrected chi connectivity index (χ3v) is 9.30. The van der Waals surface area contributed by atoms with Gasteiger partial charge in [-0.15, -0.1) is 0 Å². The van der Waals surface area contributed by atoms with E-state index in [4.69, 9.17) is 9.97 Å². The van der Waals surface area contributed by atoms with E-state index in [0.717, 1.165) is 44.8 Å². The molecule has 0 spiro atoms. The van der Waals surface area contributed by atoms with Gasteiger partial charge in [0.25, 0.3) is 0 Å². The summed E-state index contributed by atoms with van der Waals surface area (Å²) in [5.41, 5.74) is 18.2. The first-order valence-corrected chi connectivity index (χ1v) is 17.1. The zero-order valence-corrected chi connectivity index (χ0v) is 28.2. The minimum atomic E-state index is 0.953. The molecular formula is C48H36N2. The maximum Gasteiger partial charge on any atom is 0.0702 e. The number of aromatic nitrogens is 2. The van der Waals surface area contributed by atoms with Gasteiger partial charge < -0.3 is 0 Å². The topological polar surface area (TPSA) is 25.8 Å². The molecule has 50 heavy (non-hydrogen) atoms. The van der Waals surface area contributed by atoms with Crippen LogP contribution in [0.15, 0.2) is 182 Å². The molecule has 0 bridgehead atoms. The molecule has 6 aromatic carbocycles. The summed E-state index contributed by atoms with van der Waals surface area (Å²) in [6.07, 6.45) is 4.01. The van der Waals surface area contributed by atoms with Gasteiger partial charge in [-0.05, 0) is 70.5 Å². The van der Waals surface area contributed by atoms with E-state index in [2.05, 4.69) is 172 Å². The lowest BCUT2D eigenvalue weighted by Crippen LogP contribution is -1.94. The fraction of sp³-hybridized carbons (Fsp3) is 0.0417. The Morgan fingerprint density at radius 3 is 1.08 bits per heavy atom. The third kappa shape index (κ3) is 6.40. The van der Waals surface area contributed by atoms with Gasteiger partial charge in [0.1, 0.15) is 0 Å². The summed E-state index contributed by atoms with van der Waals surface area (Å²) in [4.78, 5) is 9.92. The number of rotatable bonds is 7. The van der Waals surface area contributed by atoms with Gasteiger partial charge in [0.2, 0.25) is 0 Å². The maximum absolute atomic E-state index is 4.96. The molecule has 2 nitrogen and oxygen atoms in total. The first kappa shape index (κ1) is 30.9. The standard InChI is InChI=1S/C48H36N2/c1-33-28-34(2)30-43(29-33)48-44(41-24-26-46(49-31-41)39-20-16-37(17-21-39)35-10-5-3-6-11-35)14-9-15-45(48)42-25-27-47(50-32-42)40-22-18-38(19-23-40)36-12-7-4-8-13-36/h3-32H,1-2H3. The van der Waals surface area contributed by atoms with Crippen molar-refractivity contribution in [2.75, 3.05) is 0 Å². The van der Waals surface area contributed by atoms with E-state index in [1.807, 2.05) is 24.5 Å². The number of hydrogen-bond acceptors (Lipinski definition) is 2. The molecule has 238 valence electrons. The Balaban J connectivity index is 1.14. The fourth-order valence-corrected chi connectivity index (χ4v) is 6.84. The molecule has 8 aromatic rings. The minimum absolute atomic E-state index is 0.953. The van der Waals surface area contributed by atoms with E-state index in [1.54, 1.807) is 0 Å². The fourth-order valence-electron chi connectivity index (χ4n) is 6.84. The monoisotopic (exact) mass is 640 g/mol. The van der Waals surface area contributed by atoms with Gasteiger partial charge in [-0.1, -0.05) is 169 Å². The second kappa shape index (κ2) is 13.6. The summed E-state index contributed by atoms with van der Waals surface area (Å²) < 4.78 is 0. The van der Waals surface area contributed by atoms with Crippen molar-refractivity contribution in [2.24, 2.45) is 0 Å². The highest BCUT2D eigenvalue weighted by Gasteiger charge is 2.16. The number of hydrogen-bond donors (Lipinski definition) is 0. The van der Waals surface area contributed by atoms with Crippen molar-refractivity contribution >= 4 is 0 Å². The van der Waals surface area contributed by atoms with Crippen molar-refractivity contribution in [3.8, 4) is 78.1 Å². The molecule has 2 heteroatoms. The average molecular weight is 641 g/mol. The summed E-state index contributed by atoms with van der Waals surface area (Å²) in [6, 6.07) is 60.2. The van der Waals surface area contributed by atoms with Crippen LogP contribution in [0.4, 0.5) is 0 Å². The van der Waals surface area contributed by atoms with Crippen LogP contribution in [0.3, 0.4) is 0 Å². The molecular weight excluding hydrogens is 605 g/mol. The Morgan fingerprint density at radius 2 is 0.680 bits per heavy atom. The summed E-state index contributed by atoms with van der Waals surface area (Å²) in [7, 11) is 0. The summed E-state index contributed by atoms with van der Waals surface area (Å²) >= 11 is 0. The van der Waals surface area contributed by atoms with E-state index in [9.17, 15) is 0 Å². The summed E-state index contributed by atoms with van der Waals surface area (Å²) in [5.74, 6) is 0. The van der Waals surface area contributed by atoms with Crippen molar-refractivity contribution in [1.29, 1.82) is 0 Å². The molecule has 8 rings (SSSR count). The SMILES string of the molecule is Cc1cc(C)cc(-c2c(-c3ccc(-c4ccc(-c5ccccc5)cc4)nc3)cccc2-c2ccc(-c3ccc(-c4ccccc4)cc3)nc2)c1. The summed E-state index contributed by atoms with van der Waals surface area (Å²) in [6.45, 7) is 4.33. The predicted octanol–water partition coefficient (Wildman–Crippen LogP) is 12.8. The summed E-state index contributed by atoms with van der Waals surface area (Å²) in [5, 5.41) is 0. The smallest absolute Gasteiger partial charge is 0.0702 e. The van der Waals surface area contributed by atoms with Crippen LogP contribution in [0.25, 0.3) is 78.1 Å². The van der Waals surface area contributed by atoms with E-state index < -0.39 is 0 Å². The van der Waals surface area contributed by atoms with Crippen molar-refractivity contribution < 1.29 is 0 Å². The van der Waals surface area contributed by atoms with Crippen LogP contribution in [0, 0.1) is 13.8 Å². The second-order valence-corrected chi connectivity index (χ2v) is 12.9. The van der Waals surface area contributed by atoms with Gasteiger partial charge in [-0.3, -0.25) is 9.97 Å². The molecule has 0 aliphatic rings. The number of aryl methyl sites for hydroxylation is 2. The average Bonchev–Trinajstić information content (AvgIpc) is 3.18. The Bertz CT molecular complexity index is 2210. The minimum Gasteiger partial charge on any atom is -0.256 e. The molecule has 0 saturated heterocycles. The van der Waals surface area contributed by atoms with Gasteiger partial charge in [-0.2, -0.15) is 0 Å². The molecule has 2 aromatic heterocycles. The molecule has 0 amide bonds. The highest BCUT2D eigenvalue weighted by atomic mass is 14.7. The van der Waals surface area contributed by atoms with Crippen LogP contribution in [-0.4, -0.2) is 9.97 Å². The molecule has 0 fully saturated rings. The molecule has 0 aliphatic carbocycles. The van der Waals surface area contributed by atoms with Crippen molar-refractivity contribution in [3.63, 3.8) is 0 Å². The van der Waals surface area contributed by atoms with Gasteiger partial charge in [-0.25, -0.2) is 0 Å². The van der Waals surface area contributed by atoms with E-state index in [-0.39, 0.29) is 0 Å². The normalized spacial score (nSPS) is 11.0. The lowest BCUT2D eigenvalue weighted by Gasteiger charge is -2.17. The van der Waals surface area contributed by atoms with Crippen LogP contribution >= 0.6 is 0 Å². The molecule has 0 unspecified atom stereocenters. The second-order valence-electron chi connectivity index (χ2n) is 12.9. The van der Waals surface area contributed by atoms with E-state index >= 15 is 0 Å². The Kier molecular flexibility index (Phi) is 8.42. The zero-order chi connectivity index (χ0) is 33.9. The Hall–Kier alpha value is -6.38. The predicted molar refractivity (Wildman–Crippen MR) is 210 cm³/mol. The third-order valence-electron chi connectivity index (χ3n) is 9.30. The van der Waals surface area contributed by atoms with Crippen LogP contribution in [0.5, 0.6) is 0 Å². The highest BCUT2D eigenvalue weighted by Crippen LogP contribution is 2.41. The lowest BCUT2D eigenvalue weighted by molar-refractivity contribution is 1.32. The molecule has 0 N–H and O–H groups in total. The van der Waals surface area contributed by atoms with Gasteiger partial charge >= 0.3 is 0 Å². The Labute approximate surface area is 294 Å². The van der Waals surface area contributed by atoms with Crippen molar-refractivity contribution in [2.45, 2.75) is 13.8 Å². The Morgan fingerprint density at radius 1 is 0.300 bits per heavy atom. The maximum atomic E-state index is 4.96. The van der Waals surface area contributed by atoms with Gasteiger partial charge in [0.05, 0.1) is 11.4 Å². The number of benzene rings is 6. The van der Waals surface area contributed by atoms with Gasteiger partial charge in [0.15, 0.2) is 0 Å². The van der Waals surface area contributed by atoms with Crippen LogP contribution in [-0.2, 0) is 0 Å². The molecule has 2 heterocycles. The van der Waals surface area contributed by atoms with Crippen LogP contribution in [0.1, 0.15) is 11.1 Å².